The van der Waals surface area contributed by atoms with Crippen LogP contribution in [0.15, 0.2) is 6.07 Å². The molecule has 8 nitrogen and oxygen atoms in total. The number of nitro groups is 2. The maximum Gasteiger partial charge on any atom is 0.393 e. The van der Waals surface area contributed by atoms with Gasteiger partial charge in [0.15, 0.2) is 5.69 Å². The Hall–Kier alpha value is -2.59. The monoisotopic (exact) mass is 336 g/mol. The van der Waals surface area contributed by atoms with Crippen LogP contribution < -0.4 is 10.6 Å². The van der Waals surface area contributed by atoms with Gasteiger partial charge in [0.1, 0.15) is 5.69 Å². The van der Waals surface area contributed by atoms with Crippen LogP contribution in [0.4, 0.5) is 35.9 Å². The Kier molecular flexibility index (Phi) is 5.35. The third-order valence-corrected chi connectivity index (χ3v) is 3.22. The molecule has 0 radical (unpaired) electrons. The Morgan fingerprint density at radius 1 is 1.17 bits per heavy atom. The van der Waals surface area contributed by atoms with Crippen molar-refractivity contribution in [2.45, 2.75) is 26.4 Å². The summed E-state index contributed by atoms with van der Waals surface area (Å²) in [6.45, 7) is 3.56. The lowest BCUT2D eigenvalue weighted by atomic mass is 10.0. The number of alkyl halides is 3. The number of hydrogen-bond donors (Lipinski definition) is 1. The highest BCUT2D eigenvalue weighted by atomic mass is 19.4. The fourth-order valence-electron chi connectivity index (χ4n) is 2.29. The van der Waals surface area contributed by atoms with E-state index in [1.54, 1.807) is 13.8 Å². The highest BCUT2D eigenvalue weighted by Gasteiger charge is 2.37. The Morgan fingerprint density at radius 2 is 1.70 bits per heavy atom. The summed E-state index contributed by atoms with van der Waals surface area (Å²) in [7, 11) is 0. The molecule has 0 aromatic heterocycles. The third kappa shape index (κ3) is 3.99. The van der Waals surface area contributed by atoms with Gasteiger partial charge in [-0.15, -0.1) is 0 Å². The van der Waals surface area contributed by atoms with Crippen LogP contribution in [0.25, 0.3) is 0 Å². The average molecular weight is 336 g/mol. The van der Waals surface area contributed by atoms with Crippen LogP contribution in [0.3, 0.4) is 0 Å². The zero-order chi connectivity index (χ0) is 17.9. The minimum absolute atomic E-state index is 0.180. The molecule has 0 fully saturated rings. The summed E-state index contributed by atoms with van der Waals surface area (Å²) >= 11 is 0. The maximum absolute atomic E-state index is 12.8. The van der Waals surface area contributed by atoms with Crippen molar-refractivity contribution in [3.63, 3.8) is 0 Å². The Bertz CT molecular complexity index is 630. The van der Waals surface area contributed by atoms with E-state index in [4.69, 9.17) is 5.73 Å². The van der Waals surface area contributed by atoms with E-state index < -0.39 is 45.1 Å². The molecule has 2 N–H and O–H groups in total. The van der Waals surface area contributed by atoms with Crippen molar-refractivity contribution < 1.29 is 23.0 Å². The van der Waals surface area contributed by atoms with Gasteiger partial charge in [0.25, 0.3) is 5.69 Å². The van der Waals surface area contributed by atoms with E-state index in [9.17, 15) is 33.4 Å². The molecule has 1 rings (SSSR count). The number of nitro benzene ring substituents is 2. The van der Waals surface area contributed by atoms with E-state index in [1.807, 2.05) is 0 Å². The molecular formula is C12H15F3N4O4. The summed E-state index contributed by atoms with van der Waals surface area (Å²) in [5.74, 6) is 0. The molecule has 0 saturated carbocycles. The fourth-order valence-corrected chi connectivity index (χ4v) is 2.29. The van der Waals surface area contributed by atoms with Crippen molar-refractivity contribution in [3.05, 3.63) is 31.9 Å². The van der Waals surface area contributed by atoms with Crippen molar-refractivity contribution in [3.8, 4) is 0 Å². The van der Waals surface area contributed by atoms with Crippen LogP contribution >= 0.6 is 0 Å². The van der Waals surface area contributed by atoms with Gasteiger partial charge in [0.2, 0.25) is 0 Å². The molecule has 0 amide bonds. The molecule has 1 aromatic rings. The largest absolute Gasteiger partial charge is 0.393 e. The first-order valence-electron chi connectivity index (χ1n) is 6.59. The van der Waals surface area contributed by atoms with Crippen molar-refractivity contribution in [2.75, 3.05) is 23.7 Å². The van der Waals surface area contributed by atoms with Crippen molar-refractivity contribution in [2.24, 2.45) is 0 Å². The molecule has 1 aromatic carbocycles. The topological polar surface area (TPSA) is 116 Å². The SMILES string of the molecule is CCN(CC)c1c(CC(F)(F)F)cc([N+](=O)[O-])c(N)c1[N+](=O)[O-]. The Labute approximate surface area is 129 Å². The molecule has 0 bridgehead atoms. The molecule has 0 spiro atoms. The minimum atomic E-state index is -4.68. The van der Waals surface area contributed by atoms with Gasteiger partial charge in [0.05, 0.1) is 16.3 Å². The summed E-state index contributed by atoms with van der Waals surface area (Å²) in [6, 6.07) is 0.656. The van der Waals surface area contributed by atoms with Crippen LogP contribution in [0.1, 0.15) is 19.4 Å². The second-order valence-electron chi connectivity index (χ2n) is 4.64. The van der Waals surface area contributed by atoms with Gasteiger partial charge >= 0.3 is 11.9 Å². The normalized spacial score (nSPS) is 11.3. The summed E-state index contributed by atoms with van der Waals surface area (Å²) in [5, 5.41) is 22.2. The molecule has 0 aliphatic carbocycles. The van der Waals surface area contributed by atoms with Gasteiger partial charge < -0.3 is 10.6 Å². The van der Waals surface area contributed by atoms with E-state index in [2.05, 4.69) is 0 Å². The summed E-state index contributed by atoms with van der Waals surface area (Å²) in [6.07, 6.45) is -6.21. The molecule has 0 heterocycles. The van der Waals surface area contributed by atoms with Crippen LogP contribution in [-0.4, -0.2) is 29.1 Å². The number of nitrogen functional groups attached to an aromatic ring is 1. The summed E-state index contributed by atoms with van der Waals surface area (Å²) in [5.41, 5.74) is 2.05. The first-order valence-corrected chi connectivity index (χ1v) is 6.59. The lowest BCUT2D eigenvalue weighted by Gasteiger charge is -2.24. The van der Waals surface area contributed by atoms with Crippen LogP contribution in [0.5, 0.6) is 0 Å². The average Bonchev–Trinajstić information content (AvgIpc) is 2.40. The number of anilines is 2. The van der Waals surface area contributed by atoms with E-state index in [0.717, 1.165) is 0 Å². The zero-order valence-corrected chi connectivity index (χ0v) is 12.4. The molecule has 11 heteroatoms. The quantitative estimate of drug-likeness (QED) is 0.485. The standard InChI is InChI=1S/C12H15F3N4O4/c1-3-17(4-2)10-7(6-12(13,14)15)5-8(18(20)21)9(16)11(10)19(22)23/h5H,3-4,6,16H2,1-2H3. The predicted octanol–water partition coefficient (Wildman–Crippen LogP) is 3.04. The van der Waals surface area contributed by atoms with Crippen molar-refractivity contribution in [1.29, 1.82) is 0 Å². The number of halogens is 3. The molecule has 0 aliphatic rings. The number of rotatable bonds is 6. The van der Waals surface area contributed by atoms with E-state index in [-0.39, 0.29) is 18.8 Å². The number of benzene rings is 1. The van der Waals surface area contributed by atoms with Crippen LogP contribution in [0.2, 0.25) is 0 Å². The minimum Gasteiger partial charge on any atom is -0.387 e. The molecule has 0 atom stereocenters. The van der Waals surface area contributed by atoms with Crippen molar-refractivity contribution in [1.82, 2.24) is 0 Å². The molecular weight excluding hydrogens is 321 g/mol. The van der Waals surface area contributed by atoms with Crippen molar-refractivity contribution >= 4 is 22.7 Å². The summed E-state index contributed by atoms with van der Waals surface area (Å²) in [4.78, 5) is 21.5. The number of hydrogen-bond acceptors (Lipinski definition) is 6. The van der Waals surface area contributed by atoms with Crippen LogP contribution in [-0.2, 0) is 6.42 Å². The third-order valence-electron chi connectivity index (χ3n) is 3.22. The van der Waals surface area contributed by atoms with Gasteiger partial charge in [0, 0.05) is 19.2 Å². The first-order chi connectivity index (χ1) is 10.5. The summed E-state index contributed by atoms with van der Waals surface area (Å²) < 4.78 is 38.3. The van der Waals surface area contributed by atoms with Gasteiger partial charge in [-0.3, -0.25) is 20.2 Å². The molecule has 128 valence electrons. The Balaban J connectivity index is 3.82. The zero-order valence-electron chi connectivity index (χ0n) is 12.4. The Morgan fingerprint density at radius 3 is 2.04 bits per heavy atom. The maximum atomic E-state index is 12.8. The highest BCUT2D eigenvalue weighted by Crippen LogP contribution is 2.44. The van der Waals surface area contributed by atoms with E-state index in [1.165, 1.54) is 4.90 Å². The molecule has 0 unspecified atom stereocenters. The second-order valence-corrected chi connectivity index (χ2v) is 4.64. The molecule has 0 saturated heterocycles. The highest BCUT2D eigenvalue weighted by molar-refractivity contribution is 5.85. The lowest BCUT2D eigenvalue weighted by Crippen LogP contribution is -2.26. The predicted molar refractivity (Wildman–Crippen MR) is 77.5 cm³/mol. The van der Waals surface area contributed by atoms with Gasteiger partial charge in [-0.25, -0.2) is 0 Å². The first kappa shape index (κ1) is 18.5. The van der Waals surface area contributed by atoms with Crippen LogP contribution in [0, 0.1) is 20.2 Å². The number of nitrogens with two attached hydrogens (primary N) is 1. The fraction of sp³-hybridized carbons (Fsp3) is 0.500. The van der Waals surface area contributed by atoms with Gasteiger partial charge in [-0.05, 0) is 19.4 Å². The lowest BCUT2D eigenvalue weighted by molar-refractivity contribution is -0.391. The van der Waals surface area contributed by atoms with E-state index >= 15 is 0 Å². The smallest absolute Gasteiger partial charge is 0.387 e. The molecule has 23 heavy (non-hydrogen) atoms. The van der Waals surface area contributed by atoms with Gasteiger partial charge in [-0.2, -0.15) is 13.2 Å². The second kappa shape index (κ2) is 6.67. The molecule has 0 aliphatic heterocycles. The van der Waals surface area contributed by atoms with Gasteiger partial charge in [-0.1, -0.05) is 0 Å². The number of nitrogens with zero attached hydrogens (tertiary/aromatic N) is 3. The van der Waals surface area contributed by atoms with E-state index in [0.29, 0.717) is 6.07 Å².